The summed E-state index contributed by atoms with van der Waals surface area (Å²) in [4.78, 5) is 26.7. The minimum absolute atomic E-state index is 0.448. The fourth-order valence-electron chi connectivity index (χ4n) is 4.71. The van der Waals surface area contributed by atoms with Gasteiger partial charge >= 0.3 is 5.97 Å². The first-order chi connectivity index (χ1) is 18.1. The van der Waals surface area contributed by atoms with Crippen LogP contribution in [0.5, 0.6) is 11.5 Å². The van der Waals surface area contributed by atoms with Crippen LogP contribution in [0.1, 0.15) is 40.8 Å². The first-order valence-electron chi connectivity index (χ1n) is 11.8. The Balaban J connectivity index is 1.24. The molecule has 0 aliphatic carbocycles. The van der Waals surface area contributed by atoms with Crippen molar-refractivity contribution in [3.8, 4) is 11.5 Å². The number of benzene rings is 3. The SMILES string of the molecule is O=C(OCC(=O)N1N=C(c2ccc(Cl)cc2)CC1c1ccco1)C1c2ccccc2Oc2ccccc21. The summed E-state index contributed by atoms with van der Waals surface area (Å²) in [6, 6.07) is 25.0. The van der Waals surface area contributed by atoms with Gasteiger partial charge in [-0.3, -0.25) is 9.59 Å². The van der Waals surface area contributed by atoms with Crippen molar-refractivity contribution in [1.82, 2.24) is 5.01 Å². The van der Waals surface area contributed by atoms with Crippen molar-refractivity contribution < 1.29 is 23.5 Å². The maximum Gasteiger partial charge on any atom is 0.318 e. The number of furan rings is 1. The molecule has 0 saturated heterocycles. The molecule has 0 fully saturated rings. The lowest BCUT2D eigenvalue weighted by Gasteiger charge is -2.27. The number of ether oxygens (including phenoxy) is 2. The molecular formula is C29H21ClN2O5. The van der Waals surface area contributed by atoms with E-state index in [-0.39, 0.29) is 0 Å². The zero-order valence-corrected chi connectivity index (χ0v) is 20.3. The molecule has 1 aromatic heterocycles. The molecule has 1 amide bonds. The normalized spacial score (nSPS) is 16.4. The van der Waals surface area contributed by atoms with Crippen LogP contribution < -0.4 is 4.74 Å². The number of fused-ring (bicyclic) bond motifs is 2. The van der Waals surface area contributed by atoms with Gasteiger partial charge in [-0.1, -0.05) is 60.1 Å². The molecule has 2 aliphatic heterocycles. The van der Waals surface area contributed by atoms with Gasteiger partial charge in [0, 0.05) is 22.6 Å². The minimum Gasteiger partial charge on any atom is -0.467 e. The Morgan fingerprint density at radius 2 is 1.59 bits per heavy atom. The number of para-hydroxylation sites is 2. The monoisotopic (exact) mass is 512 g/mol. The first-order valence-corrected chi connectivity index (χ1v) is 12.2. The third-order valence-electron chi connectivity index (χ3n) is 6.47. The van der Waals surface area contributed by atoms with Gasteiger partial charge in [0.15, 0.2) is 6.61 Å². The molecule has 8 heteroatoms. The van der Waals surface area contributed by atoms with Gasteiger partial charge < -0.3 is 13.9 Å². The fraction of sp³-hybridized carbons (Fsp3) is 0.138. The second kappa shape index (κ2) is 9.59. The molecule has 1 unspecified atom stereocenters. The van der Waals surface area contributed by atoms with E-state index in [1.54, 1.807) is 30.5 Å². The lowest BCUT2D eigenvalue weighted by atomic mass is 9.88. The Kier molecular flexibility index (Phi) is 5.98. The molecule has 1 atom stereocenters. The van der Waals surface area contributed by atoms with Gasteiger partial charge in [0.25, 0.3) is 5.91 Å². The number of esters is 1. The standard InChI is InChI=1S/C29H21ClN2O5/c30-19-13-11-18(12-14-19)22-16-23(26-10-5-15-35-26)32(31-22)27(33)17-36-29(34)28-20-6-1-3-8-24(20)37-25-9-4-2-7-21(25)28/h1-15,23,28H,16-17H2. The Labute approximate surface area is 217 Å². The van der Waals surface area contributed by atoms with Crippen molar-refractivity contribution in [2.45, 2.75) is 18.4 Å². The number of carbonyl (C=O) groups is 2. The van der Waals surface area contributed by atoms with Gasteiger partial charge in [0.05, 0.1) is 12.0 Å². The highest BCUT2D eigenvalue weighted by Crippen LogP contribution is 2.44. The smallest absolute Gasteiger partial charge is 0.318 e. The van der Waals surface area contributed by atoms with E-state index in [0.29, 0.717) is 45.5 Å². The molecule has 37 heavy (non-hydrogen) atoms. The van der Waals surface area contributed by atoms with E-state index >= 15 is 0 Å². The van der Waals surface area contributed by atoms with Crippen molar-refractivity contribution >= 4 is 29.2 Å². The van der Waals surface area contributed by atoms with Gasteiger partial charge in [0.2, 0.25) is 0 Å². The number of hydrogen-bond donors (Lipinski definition) is 0. The van der Waals surface area contributed by atoms with Crippen molar-refractivity contribution in [2.75, 3.05) is 6.61 Å². The maximum atomic E-state index is 13.4. The van der Waals surface area contributed by atoms with Gasteiger partial charge in [-0.05, 0) is 42.0 Å². The Hall–Kier alpha value is -4.36. The Morgan fingerprint density at radius 3 is 2.24 bits per heavy atom. The molecule has 4 aromatic rings. The number of hydrogen-bond acceptors (Lipinski definition) is 6. The lowest BCUT2D eigenvalue weighted by molar-refractivity contribution is -0.153. The van der Waals surface area contributed by atoms with E-state index in [1.165, 1.54) is 5.01 Å². The summed E-state index contributed by atoms with van der Waals surface area (Å²) in [7, 11) is 0. The lowest BCUT2D eigenvalue weighted by Crippen LogP contribution is -2.32. The van der Waals surface area contributed by atoms with Crippen LogP contribution in [-0.4, -0.2) is 29.2 Å². The quantitative estimate of drug-likeness (QED) is 0.302. The highest BCUT2D eigenvalue weighted by molar-refractivity contribution is 6.30. The van der Waals surface area contributed by atoms with E-state index in [9.17, 15) is 9.59 Å². The van der Waals surface area contributed by atoms with Gasteiger partial charge in [-0.25, -0.2) is 5.01 Å². The summed E-state index contributed by atoms with van der Waals surface area (Å²) in [5, 5.41) is 6.52. The van der Waals surface area contributed by atoms with Crippen LogP contribution in [0, 0.1) is 0 Å². The molecule has 0 spiro atoms. The number of nitrogens with zero attached hydrogens (tertiary/aromatic N) is 2. The second-order valence-corrected chi connectivity index (χ2v) is 9.18. The van der Waals surface area contributed by atoms with Gasteiger partial charge in [0.1, 0.15) is 29.2 Å². The predicted octanol–water partition coefficient (Wildman–Crippen LogP) is 6.09. The highest BCUT2D eigenvalue weighted by atomic mass is 35.5. The first kappa shape index (κ1) is 23.1. The van der Waals surface area contributed by atoms with E-state index in [2.05, 4.69) is 5.10 Å². The molecule has 0 N–H and O–H groups in total. The van der Waals surface area contributed by atoms with Crippen LogP contribution >= 0.6 is 11.6 Å². The van der Waals surface area contributed by atoms with Crippen molar-refractivity contribution in [3.63, 3.8) is 0 Å². The predicted molar refractivity (Wildman–Crippen MR) is 137 cm³/mol. The molecule has 0 radical (unpaired) electrons. The van der Waals surface area contributed by atoms with Crippen LogP contribution in [-0.2, 0) is 14.3 Å². The molecular weight excluding hydrogens is 492 g/mol. The number of rotatable bonds is 5. The third kappa shape index (κ3) is 4.38. The average Bonchev–Trinajstić information content (AvgIpc) is 3.61. The molecule has 0 saturated carbocycles. The van der Waals surface area contributed by atoms with Crippen LogP contribution in [0.2, 0.25) is 5.02 Å². The largest absolute Gasteiger partial charge is 0.467 e. The second-order valence-electron chi connectivity index (χ2n) is 8.75. The molecule has 2 aliphatic rings. The van der Waals surface area contributed by atoms with E-state index < -0.39 is 30.4 Å². The summed E-state index contributed by atoms with van der Waals surface area (Å²) in [6.07, 6.45) is 2.01. The van der Waals surface area contributed by atoms with Crippen LogP contribution in [0.4, 0.5) is 0 Å². The number of halogens is 1. The Bertz CT molecular complexity index is 1450. The highest BCUT2D eigenvalue weighted by Gasteiger charge is 2.37. The van der Waals surface area contributed by atoms with E-state index in [0.717, 1.165) is 5.56 Å². The van der Waals surface area contributed by atoms with E-state index in [1.807, 2.05) is 60.7 Å². The van der Waals surface area contributed by atoms with Gasteiger partial charge in [-0.2, -0.15) is 5.10 Å². The summed E-state index contributed by atoms with van der Waals surface area (Å²) in [6.45, 7) is -0.463. The zero-order valence-electron chi connectivity index (χ0n) is 19.5. The molecule has 3 aromatic carbocycles. The fourth-order valence-corrected chi connectivity index (χ4v) is 4.83. The van der Waals surface area contributed by atoms with Crippen molar-refractivity contribution in [1.29, 1.82) is 0 Å². The van der Waals surface area contributed by atoms with E-state index in [4.69, 9.17) is 25.5 Å². The number of amides is 1. The molecule has 7 nitrogen and oxygen atoms in total. The summed E-state index contributed by atoms with van der Waals surface area (Å²) >= 11 is 6.03. The minimum atomic E-state index is -0.707. The van der Waals surface area contributed by atoms with Crippen LogP contribution in [0.3, 0.4) is 0 Å². The summed E-state index contributed by atoms with van der Waals surface area (Å²) in [5.41, 5.74) is 2.95. The maximum absolute atomic E-state index is 13.4. The Morgan fingerprint density at radius 1 is 0.919 bits per heavy atom. The van der Waals surface area contributed by atoms with Crippen molar-refractivity contribution in [3.05, 3.63) is 119 Å². The van der Waals surface area contributed by atoms with Crippen molar-refractivity contribution in [2.24, 2.45) is 5.10 Å². The zero-order chi connectivity index (χ0) is 25.4. The number of hydrazone groups is 1. The van der Waals surface area contributed by atoms with Gasteiger partial charge in [-0.15, -0.1) is 0 Å². The molecule has 184 valence electrons. The molecule has 0 bridgehead atoms. The topological polar surface area (TPSA) is 81.3 Å². The molecule has 3 heterocycles. The van der Waals surface area contributed by atoms with Crippen LogP contribution in [0.25, 0.3) is 0 Å². The summed E-state index contributed by atoms with van der Waals surface area (Å²) in [5.74, 6) is 0.0777. The third-order valence-corrected chi connectivity index (χ3v) is 6.72. The van der Waals surface area contributed by atoms with Crippen LogP contribution in [0.15, 0.2) is 101 Å². The number of carbonyl (C=O) groups excluding carboxylic acids is 2. The average molecular weight is 513 g/mol. The summed E-state index contributed by atoms with van der Waals surface area (Å²) < 4.78 is 17.1. The molecule has 6 rings (SSSR count).